The Balaban J connectivity index is 2.42. The Hall–Kier alpha value is -2.12. The SMILES string of the molecule is N=Cc1c([NH2+]c2ccc(F)cn2)nc(Cl)[nH]c1=O. The highest BCUT2D eigenvalue weighted by molar-refractivity contribution is 6.28. The zero-order chi connectivity index (χ0) is 13.1. The summed E-state index contributed by atoms with van der Waals surface area (Å²) in [6, 6.07) is 2.66. The maximum absolute atomic E-state index is 12.7. The summed E-state index contributed by atoms with van der Waals surface area (Å²) >= 11 is 5.63. The molecule has 92 valence electrons. The molecule has 2 aromatic heterocycles. The predicted octanol–water partition coefficient (Wildman–Crippen LogP) is 0.482. The van der Waals surface area contributed by atoms with Gasteiger partial charge in [-0.25, -0.2) is 14.7 Å². The van der Waals surface area contributed by atoms with Crippen LogP contribution in [0.25, 0.3) is 0 Å². The van der Waals surface area contributed by atoms with Gasteiger partial charge in [0.25, 0.3) is 5.56 Å². The Bertz CT molecular complexity index is 640. The third kappa shape index (κ3) is 2.58. The molecule has 0 fully saturated rings. The highest BCUT2D eigenvalue weighted by Gasteiger charge is 2.14. The quantitative estimate of drug-likeness (QED) is 0.558. The van der Waals surface area contributed by atoms with E-state index in [0.29, 0.717) is 5.82 Å². The molecule has 0 saturated carbocycles. The van der Waals surface area contributed by atoms with Crippen molar-refractivity contribution in [3.05, 3.63) is 45.3 Å². The molecule has 2 aromatic rings. The number of halogens is 2. The fourth-order valence-electron chi connectivity index (χ4n) is 1.33. The Labute approximate surface area is 105 Å². The van der Waals surface area contributed by atoms with Crippen molar-refractivity contribution in [1.29, 1.82) is 5.41 Å². The van der Waals surface area contributed by atoms with E-state index < -0.39 is 11.4 Å². The van der Waals surface area contributed by atoms with Gasteiger partial charge in [0, 0.05) is 12.3 Å². The predicted molar refractivity (Wildman–Crippen MR) is 63.2 cm³/mol. The number of quaternary nitrogens is 1. The minimum absolute atomic E-state index is 0.0607. The van der Waals surface area contributed by atoms with E-state index in [4.69, 9.17) is 17.0 Å². The molecule has 4 N–H and O–H groups in total. The number of hydrogen-bond donors (Lipinski definition) is 3. The number of rotatable bonds is 3. The molecular formula is C10H8ClFN5O+. The summed E-state index contributed by atoms with van der Waals surface area (Å²) in [5.74, 6) is 0.155. The summed E-state index contributed by atoms with van der Waals surface area (Å²) in [7, 11) is 0. The average Bonchev–Trinajstić information content (AvgIpc) is 2.32. The molecule has 6 nitrogen and oxygen atoms in total. The molecule has 2 heterocycles. The van der Waals surface area contributed by atoms with Gasteiger partial charge in [0.15, 0.2) is 0 Å². The summed E-state index contributed by atoms with van der Waals surface area (Å²) < 4.78 is 12.7. The van der Waals surface area contributed by atoms with Crippen LogP contribution in [0.4, 0.5) is 16.0 Å². The molecule has 0 aliphatic carbocycles. The van der Waals surface area contributed by atoms with Crippen LogP contribution >= 0.6 is 11.6 Å². The van der Waals surface area contributed by atoms with Crippen molar-refractivity contribution >= 4 is 29.5 Å². The van der Waals surface area contributed by atoms with E-state index >= 15 is 0 Å². The third-order valence-electron chi connectivity index (χ3n) is 2.14. The van der Waals surface area contributed by atoms with E-state index in [9.17, 15) is 9.18 Å². The topological polar surface area (TPSA) is 99.1 Å². The van der Waals surface area contributed by atoms with Crippen molar-refractivity contribution in [3.63, 3.8) is 0 Å². The number of pyridine rings is 1. The summed E-state index contributed by atoms with van der Waals surface area (Å²) in [6.07, 6.45) is 1.92. The average molecular weight is 269 g/mol. The minimum atomic E-state index is -0.515. The second-order valence-electron chi connectivity index (χ2n) is 3.35. The second-order valence-corrected chi connectivity index (χ2v) is 3.70. The van der Waals surface area contributed by atoms with Gasteiger partial charge in [-0.3, -0.25) is 9.78 Å². The van der Waals surface area contributed by atoms with Crippen LogP contribution in [0, 0.1) is 11.2 Å². The number of nitrogens with two attached hydrogens (primary N) is 1. The Morgan fingerprint density at radius 2 is 2.28 bits per heavy atom. The summed E-state index contributed by atoms with van der Waals surface area (Å²) in [5, 5.41) is 8.53. The zero-order valence-electron chi connectivity index (χ0n) is 8.95. The molecule has 0 aliphatic rings. The van der Waals surface area contributed by atoms with E-state index in [2.05, 4.69) is 15.0 Å². The molecule has 0 atom stereocenters. The molecule has 0 radical (unpaired) electrons. The molecule has 18 heavy (non-hydrogen) atoms. The minimum Gasteiger partial charge on any atom is -0.308 e. The maximum Gasteiger partial charge on any atom is 0.266 e. The van der Waals surface area contributed by atoms with Crippen LogP contribution in [0.5, 0.6) is 0 Å². The molecule has 0 bridgehead atoms. The lowest BCUT2D eigenvalue weighted by Crippen LogP contribution is -2.73. The number of hydrogen-bond acceptors (Lipinski definition) is 4. The molecular weight excluding hydrogens is 261 g/mol. The summed E-state index contributed by atoms with van der Waals surface area (Å²) in [4.78, 5) is 21.5. The van der Waals surface area contributed by atoms with Gasteiger partial charge < -0.3 is 5.41 Å². The first-order valence-electron chi connectivity index (χ1n) is 4.87. The van der Waals surface area contributed by atoms with E-state index in [1.54, 1.807) is 0 Å². The molecule has 0 saturated heterocycles. The van der Waals surface area contributed by atoms with Crippen molar-refractivity contribution in [2.45, 2.75) is 0 Å². The third-order valence-corrected chi connectivity index (χ3v) is 2.31. The zero-order valence-corrected chi connectivity index (χ0v) is 9.70. The first-order chi connectivity index (χ1) is 8.60. The highest BCUT2D eigenvalue weighted by atomic mass is 35.5. The molecule has 0 aliphatic heterocycles. The molecule has 0 unspecified atom stereocenters. The molecule has 8 heteroatoms. The van der Waals surface area contributed by atoms with Crippen LogP contribution in [0.15, 0.2) is 23.1 Å². The fourth-order valence-corrected chi connectivity index (χ4v) is 1.51. The van der Waals surface area contributed by atoms with Gasteiger partial charge in [0.2, 0.25) is 16.9 Å². The van der Waals surface area contributed by atoms with Gasteiger partial charge in [-0.2, -0.15) is 4.98 Å². The van der Waals surface area contributed by atoms with Gasteiger partial charge in [0.05, 0.1) is 6.20 Å². The highest BCUT2D eigenvalue weighted by Crippen LogP contribution is 2.05. The van der Waals surface area contributed by atoms with Crippen LogP contribution < -0.4 is 10.9 Å². The summed E-state index contributed by atoms with van der Waals surface area (Å²) in [6.45, 7) is 0. The Morgan fingerprint density at radius 1 is 1.50 bits per heavy atom. The fraction of sp³-hybridized carbons (Fsp3) is 0. The normalized spacial score (nSPS) is 10.3. The van der Waals surface area contributed by atoms with Crippen LogP contribution in [-0.2, 0) is 0 Å². The van der Waals surface area contributed by atoms with Gasteiger partial charge in [0.1, 0.15) is 11.4 Å². The van der Waals surface area contributed by atoms with E-state index in [1.165, 1.54) is 17.4 Å². The monoisotopic (exact) mass is 268 g/mol. The van der Waals surface area contributed by atoms with Crippen molar-refractivity contribution in [3.8, 4) is 0 Å². The van der Waals surface area contributed by atoms with E-state index in [1.807, 2.05) is 0 Å². The van der Waals surface area contributed by atoms with Crippen LogP contribution in [0.2, 0.25) is 5.28 Å². The van der Waals surface area contributed by atoms with Crippen molar-refractivity contribution in [2.24, 2.45) is 0 Å². The largest absolute Gasteiger partial charge is 0.308 e. The number of nitrogens with zero attached hydrogens (tertiary/aromatic N) is 2. The van der Waals surface area contributed by atoms with Gasteiger partial charge >= 0.3 is 0 Å². The van der Waals surface area contributed by atoms with Gasteiger partial charge in [-0.1, -0.05) is 0 Å². The van der Waals surface area contributed by atoms with Crippen molar-refractivity contribution < 1.29 is 9.71 Å². The lowest BCUT2D eigenvalue weighted by atomic mass is 10.3. The first kappa shape index (κ1) is 12.3. The van der Waals surface area contributed by atoms with Gasteiger partial charge in [-0.05, 0) is 17.7 Å². The lowest BCUT2D eigenvalue weighted by Gasteiger charge is -2.01. The van der Waals surface area contributed by atoms with E-state index in [-0.39, 0.29) is 16.7 Å². The lowest BCUT2D eigenvalue weighted by molar-refractivity contribution is -0.487. The first-order valence-corrected chi connectivity index (χ1v) is 5.24. The van der Waals surface area contributed by atoms with Crippen LogP contribution in [0.3, 0.4) is 0 Å². The van der Waals surface area contributed by atoms with Gasteiger partial charge in [-0.15, -0.1) is 0 Å². The van der Waals surface area contributed by atoms with Crippen LogP contribution in [0.1, 0.15) is 5.56 Å². The molecule has 2 rings (SSSR count). The summed E-state index contributed by atoms with van der Waals surface area (Å²) in [5.41, 5.74) is -0.455. The number of H-pyrrole nitrogens is 1. The number of nitrogens with one attached hydrogen (secondary N) is 2. The number of aromatic nitrogens is 3. The van der Waals surface area contributed by atoms with Crippen LogP contribution in [-0.4, -0.2) is 21.2 Å². The Morgan fingerprint density at radius 3 is 2.89 bits per heavy atom. The smallest absolute Gasteiger partial charge is 0.266 e. The molecule has 0 amide bonds. The second kappa shape index (κ2) is 5.03. The van der Waals surface area contributed by atoms with E-state index in [0.717, 1.165) is 12.4 Å². The van der Waals surface area contributed by atoms with Crippen molar-refractivity contribution in [1.82, 2.24) is 15.0 Å². The van der Waals surface area contributed by atoms with Crippen molar-refractivity contribution in [2.75, 3.05) is 0 Å². The molecule has 0 spiro atoms. The Kier molecular flexibility index (Phi) is 3.45. The molecule has 0 aromatic carbocycles. The maximum atomic E-state index is 12.7. The number of aromatic amines is 1. The standard InChI is InChI=1S/C10H7ClFN5O/c11-10-16-8(6(3-13)9(18)17-10)15-7-2-1-5(12)4-14-7/h1-4,13H,(H2,14,15,16,17,18)/p+1.